The molecule has 0 aliphatic rings. The molecular weight excluding hydrogens is 268 g/mol. The summed E-state index contributed by atoms with van der Waals surface area (Å²) < 4.78 is 1.81. The van der Waals surface area contributed by atoms with E-state index < -0.39 is 0 Å². The van der Waals surface area contributed by atoms with Crippen LogP contribution in [0.5, 0.6) is 0 Å². The number of aromatic nitrogens is 2. The summed E-state index contributed by atoms with van der Waals surface area (Å²) in [6.07, 6.45) is 1.72. The smallest absolute Gasteiger partial charge is 0.190 e. The van der Waals surface area contributed by atoms with Gasteiger partial charge in [0.25, 0.3) is 0 Å². The molecule has 100 valence electrons. The summed E-state index contributed by atoms with van der Waals surface area (Å²) in [5.41, 5.74) is 7.17. The molecule has 0 unspecified atom stereocenters. The lowest BCUT2D eigenvalue weighted by Gasteiger charge is -2.13. The van der Waals surface area contributed by atoms with Crippen LogP contribution >= 0.6 is 12.2 Å². The fourth-order valence-corrected chi connectivity index (χ4v) is 2.23. The summed E-state index contributed by atoms with van der Waals surface area (Å²) in [6.45, 7) is 2.04. The minimum atomic E-state index is 0.530. The number of benzene rings is 2. The summed E-state index contributed by atoms with van der Waals surface area (Å²) in [5.74, 6) is 0. The zero-order valence-electron chi connectivity index (χ0n) is 11.0. The van der Waals surface area contributed by atoms with Crippen LogP contribution in [0.15, 0.2) is 54.9 Å². The second kappa shape index (κ2) is 5.30. The molecule has 0 saturated carbocycles. The number of thiocarbonyl (C=S) groups is 1. The largest absolute Gasteiger partial charge is 0.331 e. The Bertz CT molecular complexity index is 763. The molecule has 1 heterocycles. The van der Waals surface area contributed by atoms with Gasteiger partial charge in [-0.1, -0.05) is 30.3 Å². The van der Waals surface area contributed by atoms with Crippen molar-refractivity contribution < 1.29 is 0 Å². The van der Waals surface area contributed by atoms with Crippen LogP contribution in [0.3, 0.4) is 0 Å². The zero-order valence-corrected chi connectivity index (χ0v) is 11.8. The zero-order chi connectivity index (χ0) is 13.9. The molecule has 2 N–H and O–H groups in total. The van der Waals surface area contributed by atoms with E-state index in [0.29, 0.717) is 5.11 Å². The van der Waals surface area contributed by atoms with Gasteiger partial charge < -0.3 is 5.32 Å². The number of hydrogen-bond donors (Lipinski definition) is 2. The third-order valence-corrected chi connectivity index (χ3v) is 3.26. The molecule has 0 spiro atoms. The molecule has 0 aliphatic heterocycles. The van der Waals surface area contributed by atoms with E-state index in [1.54, 1.807) is 6.33 Å². The Morgan fingerprint density at radius 3 is 2.70 bits per heavy atom. The highest BCUT2D eigenvalue weighted by atomic mass is 32.1. The molecule has 2 aromatic carbocycles. The second-order valence-corrected chi connectivity index (χ2v) is 4.89. The molecule has 0 bridgehead atoms. The number of fused-ring (bicyclic) bond motifs is 1. The second-order valence-electron chi connectivity index (χ2n) is 4.48. The number of para-hydroxylation sites is 3. The summed E-state index contributed by atoms with van der Waals surface area (Å²) in [5, 5.41) is 3.71. The average Bonchev–Trinajstić information content (AvgIpc) is 2.85. The lowest BCUT2D eigenvalue weighted by atomic mass is 10.2. The van der Waals surface area contributed by atoms with Crippen molar-refractivity contribution in [2.45, 2.75) is 6.92 Å². The lowest BCUT2D eigenvalue weighted by Crippen LogP contribution is -2.27. The van der Waals surface area contributed by atoms with Gasteiger partial charge in [-0.3, -0.25) is 5.43 Å². The Balaban J connectivity index is 1.78. The Morgan fingerprint density at radius 1 is 1.10 bits per heavy atom. The van der Waals surface area contributed by atoms with E-state index in [-0.39, 0.29) is 0 Å². The minimum Gasteiger partial charge on any atom is -0.331 e. The van der Waals surface area contributed by atoms with Crippen molar-refractivity contribution in [3.63, 3.8) is 0 Å². The van der Waals surface area contributed by atoms with Crippen molar-refractivity contribution in [1.82, 2.24) is 9.66 Å². The molecule has 0 amide bonds. The van der Waals surface area contributed by atoms with Gasteiger partial charge in [0.1, 0.15) is 6.33 Å². The number of nitrogens with one attached hydrogen (secondary N) is 2. The fraction of sp³-hybridized carbons (Fsp3) is 0.0667. The topological polar surface area (TPSA) is 41.9 Å². The Kier molecular flexibility index (Phi) is 3.35. The maximum atomic E-state index is 5.34. The van der Waals surface area contributed by atoms with Gasteiger partial charge in [-0.2, -0.15) is 0 Å². The number of nitrogens with zero attached hydrogens (tertiary/aromatic N) is 2. The third-order valence-electron chi connectivity index (χ3n) is 3.07. The standard InChI is InChI=1S/C15H14N4S/c1-11-6-2-3-7-12(11)17-15(20)18-19-10-16-13-8-4-5-9-14(13)19/h2-10H,1H3,(H2,17,18,20). The molecule has 3 aromatic rings. The van der Waals surface area contributed by atoms with Crippen LogP contribution in [0.2, 0.25) is 0 Å². The van der Waals surface area contributed by atoms with E-state index >= 15 is 0 Å². The molecule has 0 saturated heterocycles. The predicted octanol–water partition coefficient (Wildman–Crippen LogP) is 3.29. The SMILES string of the molecule is Cc1ccccc1NC(=S)Nn1cnc2ccccc21. The van der Waals surface area contributed by atoms with Crippen LogP contribution < -0.4 is 10.7 Å². The Morgan fingerprint density at radius 2 is 1.85 bits per heavy atom. The quantitative estimate of drug-likeness (QED) is 0.708. The van der Waals surface area contributed by atoms with Crippen molar-refractivity contribution in [3.8, 4) is 0 Å². The minimum absolute atomic E-state index is 0.530. The summed E-state index contributed by atoms with van der Waals surface area (Å²) in [6, 6.07) is 15.9. The first-order valence-corrected chi connectivity index (χ1v) is 6.70. The molecule has 1 aromatic heterocycles. The predicted molar refractivity (Wildman–Crippen MR) is 86.5 cm³/mol. The van der Waals surface area contributed by atoms with E-state index in [9.17, 15) is 0 Å². The van der Waals surface area contributed by atoms with Crippen molar-refractivity contribution >= 4 is 34.1 Å². The molecule has 0 fully saturated rings. The maximum absolute atomic E-state index is 5.34. The maximum Gasteiger partial charge on any atom is 0.190 e. The molecular formula is C15H14N4S. The highest BCUT2D eigenvalue weighted by Crippen LogP contribution is 2.14. The lowest BCUT2D eigenvalue weighted by molar-refractivity contribution is 1.01. The van der Waals surface area contributed by atoms with Crippen LogP contribution in [0.1, 0.15) is 5.56 Å². The van der Waals surface area contributed by atoms with Crippen molar-refractivity contribution in [1.29, 1.82) is 0 Å². The summed E-state index contributed by atoms with van der Waals surface area (Å²) in [7, 11) is 0. The van der Waals surface area contributed by atoms with E-state index in [4.69, 9.17) is 12.2 Å². The van der Waals surface area contributed by atoms with Gasteiger partial charge in [0.15, 0.2) is 5.11 Å². The Labute approximate surface area is 122 Å². The van der Waals surface area contributed by atoms with E-state index in [1.165, 1.54) is 0 Å². The first kappa shape index (κ1) is 12.6. The van der Waals surface area contributed by atoms with Crippen LogP contribution in [-0.2, 0) is 0 Å². The van der Waals surface area contributed by atoms with Gasteiger partial charge >= 0.3 is 0 Å². The third kappa shape index (κ3) is 2.48. The van der Waals surface area contributed by atoms with Gasteiger partial charge in [0.05, 0.1) is 11.0 Å². The molecule has 3 rings (SSSR count). The monoisotopic (exact) mass is 282 g/mol. The number of imidazole rings is 1. The van der Waals surface area contributed by atoms with E-state index in [1.807, 2.05) is 60.1 Å². The normalized spacial score (nSPS) is 10.4. The average molecular weight is 282 g/mol. The molecule has 5 heteroatoms. The van der Waals surface area contributed by atoms with Crippen molar-refractivity contribution in [2.75, 3.05) is 10.7 Å². The molecule has 0 aliphatic carbocycles. The molecule has 0 radical (unpaired) electrons. The fourth-order valence-electron chi connectivity index (χ4n) is 2.02. The van der Waals surface area contributed by atoms with Crippen LogP contribution in [-0.4, -0.2) is 14.8 Å². The van der Waals surface area contributed by atoms with Crippen LogP contribution in [0, 0.1) is 6.92 Å². The highest BCUT2D eigenvalue weighted by Gasteiger charge is 2.04. The van der Waals surface area contributed by atoms with E-state index in [0.717, 1.165) is 22.3 Å². The molecule has 4 nitrogen and oxygen atoms in total. The molecule has 0 atom stereocenters. The van der Waals surface area contributed by atoms with E-state index in [2.05, 4.69) is 15.7 Å². The van der Waals surface area contributed by atoms with Gasteiger partial charge in [-0.25, -0.2) is 9.66 Å². The number of aryl methyl sites for hydroxylation is 1. The first-order valence-electron chi connectivity index (χ1n) is 6.30. The van der Waals surface area contributed by atoms with Crippen LogP contribution in [0.4, 0.5) is 5.69 Å². The first-order chi connectivity index (χ1) is 9.74. The highest BCUT2D eigenvalue weighted by molar-refractivity contribution is 7.80. The Hall–Kier alpha value is -2.40. The van der Waals surface area contributed by atoms with Crippen molar-refractivity contribution in [3.05, 3.63) is 60.4 Å². The van der Waals surface area contributed by atoms with Gasteiger partial charge in [-0.05, 0) is 42.9 Å². The van der Waals surface area contributed by atoms with Crippen molar-refractivity contribution in [2.24, 2.45) is 0 Å². The summed E-state index contributed by atoms with van der Waals surface area (Å²) >= 11 is 5.34. The van der Waals surface area contributed by atoms with Gasteiger partial charge in [0, 0.05) is 5.69 Å². The van der Waals surface area contributed by atoms with Crippen LogP contribution in [0.25, 0.3) is 11.0 Å². The van der Waals surface area contributed by atoms with Gasteiger partial charge in [0.2, 0.25) is 0 Å². The summed E-state index contributed by atoms with van der Waals surface area (Å²) in [4.78, 5) is 4.31. The number of hydrogen-bond acceptors (Lipinski definition) is 2. The number of anilines is 1. The van der Waals surface area contributed by atoms with Gasteiger partial charge in [-0.15, -0.1) is 0 Å². The number of rotatable bonds is 2. The molecule has 20 heavy (non-hydrogen) atoms.